The van der Waals surface area contributed by atoms with E-state index < -0.39 is 11.7 Å². The van der Waals surface area contributed by atoms with Crippen molar-refractivity contribution in [1.29, 1.82) is 5.26 Å². The quantitative estimate of drug-likeness (QED) is 0.360. The average Bonchev–Trinajstić information content (AvgIpc) is 3.26. The normalized spacial score (nSPS) is 12.4. The van der Waals surface area contributed by atoms with E-state index in [0.717, 1.165) is 23.2 Å². The lowest BCUT2D eigenvalue weighted by Gasteiger charge is -2.15. The fourth-order valence-corrected chi connectivity index (χ4v) is 3.76. The van der Waals surface area contributed by atoms with Crippen molar-refractivity contribution in [3.05, 3.63) is 81.9 Å². The van der Waals surface area contributed by atoms with Gasteiger partial charge in [0.1, 0.15) is 11.9 Å². The van der Waals surface area contributed by atoms with E-state index >= 15 is 0 Å². The first-order valence-electron chi connectivity index (χ1n) is 9.32. The van der Waals surface area contributed by atoms with Crippen LogP contribution in [0.1, 0.15) is 28.3 Å². The van der Waals surface area contributed by atoms with E-state index in [2.05, 4.69) is 16.0 Å². The molecular formula is C23H16ClF3N4. The highest BCUT2D eigenvalue weighted by atomic mass is 35.5. The van der Waals surface area contributed by atoms with E-state index in [1.54, 1.807) is 30.6 Å². The number of hydrogen-bond donors (Lipinski definition) is 1. The van der Waals surface area contributed by atoms with Crippen molar-refractivity contribution in [3.63, 3.8) is 0 Å². The molecule has 0 saturated carbocycles. The third-order valence-corrected chi connectivity index (χ3v) is 5.37. The monoisotopic (exact) mass is 440 g/mol. The Morgan fingerprint density at radius 1 is 1.16 bits per heavy atom. The molecule has 0 unspecified atom stereocenters. The molecule has 0 aliphatic rings. The van der Waals surface area contributed by atoms with Gasteiger partial charge in [0.15, 0.2) is 0 Å². The zero-order chi connectivity index (χ0) is 22.3. The Bertz CT molecular complexity index is 1340. The van der Waals surface area contributed by atoms with Crippen molar-refractivity contribution in [3.8, 4) is 11.8 Å². The molecule has 0 amide bonds. The molecule has 4 nitrogen and oxygen atoms in total. The highest BCUT2D eigenvalue weighted by molar-refractivity contribution is 6.32. The number of halogens is 4. The molecule has 0 bridgehead atoms. The predicted molar refractivity (Wildman–Crippen MR) is 115 cm³/mol. The van der Waals surface area contributed by atoms with Gasteiger partial charge in [0.25, 0.3) is 0 Å². The van der Waals surface area contributed by atoms with Crippen molar-refractivity contribution in [2.75, 3.05) is 0 Å². The summed E-state index contributed by atoms with van der Waals surface area (Å²) in [5.41, 5.74) is 3.33. The average molecular weight is 441 g/mol. The molecule has 31 heavy (non-hydrogen) atoms. The molecular weight excluding hydrogens is 425 g/mol. The van der Waals surface area contributed by atoms with Gasteiger partial charge in [-0.05, 0) is 61.9 Å². The Kier molecular flexibility index (Phi) is 5.11. The van der Waals surface area contributed by atoms with E-state index in [4.69, 9.17) is 11.6 Å². The molecule has 8 heteroatoms. The van der Waals surface area contributed by atoms with E-state index in [-0.39, 0.29) is 10.7 Å². The number of aromatic nitrogens is 3. The Labute approximate surface area is 181 Å². The Morgan fingerprint density at radius 2 is 1.90 bits per heavy atom. The molecule has 0 radical (unpaired) electrons. The van der Waals surface area contributed by atoms with Gasteiger partial charge in [-0.1, -0.05) is 23.7 Å². The summed E-state index contributed by atoms with van der Waals surface area (Å²) in [5, 5.41) is 9.89. The Balaban J connectivity index is 1.82. The largest absolute Gasteiger partial charge is 0.416 e. The lowest BCUT2D eigenvalue weighted by Crippen LogP contribution is -2.07. The molecule has 2 aromatic carbocycles. The maximum atomic E-state index is 13.2. The molecule has 156 valence electrons. The summed E-state index contributed by atoms with van der Waals surface area (Å²) < 4.78 is 41.3. The van der Waals surface area contributed by atoms with Gasteiger partial charge < -0.3 is 9.55 Å². The van der Waals surface area contributed by atoms with Crippen LogP contribution in [0, 0.1) is 25.2 Å². The second-order valence-electron chi connectivity index (χ2n) is 7.10. The van der Waals surface area contributed by atoms with Crippen molar-refractivity contribution in [1.82, 2.24) is 14.5 Å². The first-order valence-corrected chi connectivity index (χ1v) is 9.70. The topological polar surface area (TPSA) is 57.4 Å². The maximum Gasteiger partial charge on any atom is 0.416 e. The molecule has 0 saturated heterocycles. The van der Waals surface area contributed by atoms with Gasteiger partial charge in [0.05, 0.1) is 32.9 Å². The van der Waals surface area contributed by atoms with Crippen LogP contribution >= 0.6 is 11.6 Å². The summed E-state index contributed by atoms with van der Waals surface area (Å²) in [6.07, 6.45) is -2.82. The number of rotatable bonds is 3. The number of para-hydroxylation sites is 2. The fraction of sp³-hybridized carbons (Fsp3) is 0.130. The molecule has 0 aliphatic carbocycles. The number of allylic oxidation sites excluding steroid dienone is 1. The zero-order valence-electron chi connectivity index (χ0n) is 16.5. The number of benzene rings is 2. The number of alkyl halides is 3. The van der Waals surface area contributed by atoms with Crippen molar-refractivity contribution in [2.24, 2.45) is 0 Å². The zero-order valence-corrected chi connectivity index (χ0v) is 17.3. The Hall–Kier alpha value is -3.50. The lowest BCUT2D eigenvalue weighted by atomic mass is 10.1. The van der Waals surface area contributed by atoms with Crippen LogP contribution in [-0.2, 0) is 6.18 Å². The first kappa shape index (κ1) is 20.8. The maximum absolute atomic E-state index is 13.2. The fourth-order valence-electron chi connectivity index (χ4n) is 3.55. The summed E-state index contributed by atoms with van der Waals surface area (Å²) in [5.74, 6) is 0.422. The molecule has 4 rings (SSSR count). The Morgan fingerprint density at radius 3 is 2.58 bits per heavy atom. The minimum atomic E-state index is -4.48. The van der Waals surface area contributed by atoms with Crippen LogP contribution in [0.25, 0.3) is 28.4 Å². The van der Waals surface area contributed by atoms with E-state index in [1.807, 2.05) is 24.3 Å². The minimum Gasteiger partial charge on any atom is -0.337 e. The minimum absolute atomic E-state index is 0.197. The molecule has 1 N–H and O–H groups in total. The van der Waals surface area contributed by atoms with Crippen LogP contribution in [0.3, 0.4) is 0 Å². The van der Waals surface area contributed by atoms with Crippen molar-refractivity contribution in [2.45, 2.75) is 20.0 Å². The van der Waals surface area contributed by atoms with Gasteiger partial charge in [-0.15, -0.1) is 0 Å². The first-order chi connectivity index (χ1) is 14.7. The highest BCUT2D eigenvalue weighted by Gasteiger charge is 2.31. The van der Waals surface area contributed by atoms with Gasteiger partial charge in [0.2, 0.25) is 0 Å². The predicted octanol–water partition coefficient (Wildman–Crippen LogP) is 6.71. The summed E-state index contributed by atoms with van der Waals surface area (Å²) in [7, 11) is 0. The van der Waals surface area contributed by atoms with Gasteiger partial charge in [-0.2, -0.15) is 18.4 Å². The number of nitriles is 1. The number of nitrogens with zero attached hydrogens (tertiary/aromatic N) is 3. The van der Waals surface area contributed by atoms with Crippen LogP contribution < -0.4 is 0 Å². The smallest absolute Gasteiger partial charge is 0.337 e. The standard InChI is InChI=1S/C23H16ClF3N4/c1-13-9-15(10-16(12-28)22-29-19-5-3-4-6-20(19)30-22)14(2)31(13)21-11-17(23(25,26)27)7-8-18(21)24/h3-11H,1-2H3,(H,29,30). The summed E-state index contributed by atoms with van der Waals surface area (Å²) >= 11 is 6.24. The van der Waals surface area contributed by atoms with E-state index in [9.17, 15) is 18.4 Å². The third-order valence-electron chi connectivity index (χ3n) is 5.05. The summed E-state index contributed by atoms with van der Waals surface area (Å²) in [4.78, 5) is 7.57. The number of H-pyrrole nitrogens is 1. The summed E-state index contributed by atoms with van der Waals surface area (Å²) in [6, 6.07) is 14.6. The van der Waals surface area contributed by atoms with Gasteiger partial charge in [-0.25, -0.2) is 4.98 Å². The number of nitrogens with one attached hydrogen (secondary N) is 1. The second kappa shape index (κ2) is 7.64. The van der Waals surface area contributed by atoms with Crippen molar-refractivity contribution >= 4 is 34.3 Å². The molecule has 0 atom stereocenters. The van der Waals surface area contributed by atoms with E-state index in [0.29, 0.717) is 28.3 Å². The molecule has 0 fully saturated rings. The van der Waals surface area contributed by atoms with Crippen LogP contribution in [0.15, 0.2) is 48.5 Å². The SMILES string of the molecule is Cc1cc(C=C(C#N)c2nc3ccccc3[nH]2)c(C)n1-c1cc(C(F)(F)F)ccc1Cl. The second-order valence-corrected chi connectivity index (χ2v) is 7.51. The number of aromatic amines is 1. The molecule has 2 aromatic heterocycles. The highest BCUT2D eigenvalue weighted by Crippen LogP contribution is 2.35. The number of fused-ring (bicyclic) bond motifs is 1. The van der Waals surface area contributed by atoms with Crippen molar-refractivity contribution < 1.29 is 13.2 Å². The van der Waals surface area contributed by atoms with Crippen LogP contribution in [0.2, 0.25) is 5.02 Å². The number of imidazole rings is 1. The molecule has 4 aromatic rings. The third kappa shape index (κ3) is 3.82. The van der Waals surface area contributed by atoms with Crippen LogP contribution in [0.4, 0.5) is 13.2 Å². The van der Waals surface area contributed by atoms with Crippen LogP contribution in [0.5, 0.6) is 0 Å². The molecule has 0 aliphatic heterocycles. The lowest BCUT2D eigenvalue weighted by molar-refractivity contribution is -0.137. The van der Waals surface area contributed by atoms with Crippen LogP contribution in [-0.4, -0.2) is 14.5 Å². The molecule has 2 heterocycles. The van der Waals surface area contributed by atoms with Gasteiger partial charge in [-0.3, -0.25) is 0 Å². The molecule has 0 spiro atoms. The van der Waals surface area contributed by atoms with E-state index in [1.165, 1.54) is 6.07 Å². The van der Waals surface area contributed by atoms with Gasteiger partial charge >= 0.3 is 6.18 Å². The number of hydrogen-bond acceptors (Lipinski definition) is 2. The van der Waals surface area contributed by atoms with Gasteiger partial charge in [0, 0.05) is 11.4 Å². The number of aryl methyl sites for hydroxylation is 1. The summed E-state index contributed by atoms with van der Waals surface area (Å²) in [6.45, 7) is 3.54.